The molecule has 0 aliphatic heterocycles. The van der Waals surface area contributed by atoms with Crippen LogP contribution in [-0.2, 0) is 4.79 Å². The van der Waals surface area contributed by atoms with Gasteiger partial charge in [0.1, 0.15) is 5.75 Å². The molecule has 1 amide bonds. The topological polar surface area (TPSA) is 38.3 Å². The van der Waals surface area contributed by atoms with Gasteiger partial charge in [-0.1, -0.05) is 48.3 Å². The maximum absolute atomic E-state index is 12.4. The predicted molar refractivity (Wildman–Crippen MR) is 91.0 cm³/mol. The summed E-state index contributed by atoms with van der Waals surface area (Å²) >= 11 is 12.1. The summed E-state index contributed by atoms with van der Waals surface area (Å²) < 4.78 is 5.76. The van der Waals surface area contributed by atoms with Crippen molar-refractivity contribution in [1.29, 1.82) is 0 Å². The monoisotopic (exact) mass is 337 g/mol. The van der Waals surface area contributed by atoms with Crippen molar-refractivity contribution in [3.05, 3.63) is 58.1 Å². The van der Waals surface area contributed by atoms with E-state index in [-0.39, 0.29) is 5.91 Å². The highest BCUT2D eigenvalue weighted by Gasteiger charge is 2.20. The first-order valence-corrected chi connectivity index (χ1v) is 7.75. The number of para-hydroxylation sites is 1. The smallest absolute Gasteiger partial charge is 0.265 e. The molecule has 0 heterocycles. The number of halogens is 2. The van der Waals surface area contributed by atoms with E-state index in [9.17, 15) is 4.79 Å². The molecule has 2 aromatic carbocycles. The van der Waals surface area contributed by atoms with E-state index in [0.29, 0.717) is 27.9 Å². The number of rotatable bonds is 5. The lowest BCUT2D eigenvalue weighted by Gasteiger charge is -2.18. The number of ether oxygens (including phenoxy) is 1. The third-order valence-corrected chi connectivity index (χ3v) is 3.77. The van der Waals surface area contributed by atoms with Gasteiger partial charge in [-0.2, -0.15) is 0 Å². The fourth-order valence-electron chi connectivity index (χ4n) is 2.00. The fraction of sp³-hybridized carbons (Fsp3) is 0.235. The van der Waals surface area contributed by atoms with Crippen LogP contribution in [0.4, 0.5) is 5.69 Å². The summed E-state index contributed by atoms with van der Waals surface area (Å²) in [4.78, 5) is 12.4. The minimum atomic E-state index is -0.617. The van der Waals surface area contributed by atoms with E-state index >= 15 is 0 Å². The number of anilines is 1. The highest BCUT2D eigenvalue weighted by molar-refractivity contribution is 6.39. The molecule has 0 saturated carbocycles. The zero-order valence-electron chi connectivity index (χ0n) is 12.4. The van der Waals surface area contributed by atoms with Gasteiger partial charge in [0, 0.05) is 0 Å². The van der Waals surface area contributed by atoms with Gasteiger partial charge in [0.25, 0.3) is 5.91 Å². The standard InChI is InChI=1S/C17H17Cl2NO2/c1-3-15(22-12-7-4-6-11(2)10-12)17(21)20-16-13(18)8-5-9-14(16)19/h4-10,15H,3H2,1-2H3,(H,20,21)/t15-/m0/s1. The molecule has 0 aliphatic rings. The van der Waals surface area contributed by atoms with Gasteiger partial charge in [-0.15, -0.1) is 0 Å². The van der Waals surface area contributed by atoms with Crippen molar-refractivity contribution in [2.24, 2.45) is 0 Å². The molecule has 3 nitrogen and oxygen atoms in total. The van der Waals surface area contributed by atoms with E-state index in [0.717, 1.165) is 5.56 Å². The molecule has 5 heteroatoms. The van der Waals surface area contributed by atoms with E-state index in [1.54, 1.807) is 18.2 Å². The van der Waals surface area contributed by atoms with Crippen molar-refractivity contribution < 1.29 is 9.53 Å². The van der Waals surface area contributed by atoms with Crippen molar-refractivity contribution >= 4 is 34.8 Å². The average Bonchev–Trinajstić information content (AvgIpc) is 2.48. The Labute approximate surface area is 140 Å². The first kappa shape index (κ1) is 16.7. The summed E-state index contributed by atoms with van der Waals surface area (Å²) in [6, 6.07) is 12.6. The Kier molecular flexibility index (Phi) is 5.69. The molecule has 1 atom stereocenters. The van der Waals surface area contributed by atoms with Gasteiger partial charge >= 0.3 is 0 Å². The normalized spacial score (nSPS) is 11.8. The van der Waals surface area contributed by atoms with Crippen molar-refractivity contribution in [2.45, 2.75) is 26.4 Å². The number of hydrogen-bond acceptors (Lipinski definition) is 2. The minimum Gasteiger partial charge on any atom is -0.481 e. The molecular weight excluding hydrogens is 321 g/mol. The molecule has 2 aromatic rings. The quantitative estimate of drug-likeness (QED) is 0.824. The number of benzene rings is 2. The molecule has 1 N–H and O–H groups in total. The molecule has 0 unspecified atom stereocenters. The van der Waals surface area contributed by atoms with Gasteiger partial charge in [0.15, 0.2) is 6.10 Å². The highest BCUT2D eigenvalue weighted by atomic mass is 35.5. The van der Waals surface area contributed by atoms with Crippen LogP contribution < -0.4 is 10.1 Å². The molecule has 0 bridgehead atoms. The van der Waals surface area contributed by atoms with Crippen LogP contribution in [0.2, 0.25) is 10.0 Å². The van der Waals surface area contributed by atoms with Gasteiger partial charge in [-0.25, -0.2) is 0 Å². The van der Waals surface area contributed by atoms with E-state index in [1.165, 1.54) is 0 Å². The molecule has 116 valence electrons. The summed E-state index contributed by atoms with van der Waals surface area (Å²) in [5.41, 5.74) is 1.48. The van der Waals surface area contributed by atoms with Crippen LogP contribution in [0.3, 0.4) is 0 Å². The summed E-state index contributed by atoms with van der Waals surface area (Å²) in [5, 5.41) is 3.53. The Hall–Kier alpha value is -1.71. The van der Waals surface area contributed by atoms with E-state index in [2.05, 4.69) is 5.32 Å². The lowest BCUT2D eigenvalue weighted by atomic mass is 10.2. The number of carbonyl (C=O) groups excluding carboxylic acids is 1. The van der Waals surface area contributed by atoms with Crippen LogP contribution in [0.15, 0.2) is 42.5 Å². The second-order valence-corrected chi connectivity index (χ2v) is 5.73. The van der Waals surface area contributed by atoms with Crippen molar-refractivity contribution in [3.63, 3.8) is 0 Å². The third-order valence-electron chi connectivity index (χ3n) is 3.14. The van der Waals surface area contributed by atoms with E-state index in [1.807, 2.05) is 38.1 Å². The molecule has 0 spiro atoms. The van der Waals surface area contributed by atoms with Crippen molar-refractivity contribution in [3.8, 4) is 5.75 Å². The van der Waals surface area contributed by atoms with E-state index in [4.69, 9.17) is 27.9 Å². The van der Waals surface area contributed by atoms with Crippen LogP contribution in [0.5, 0.6) is 5.75 Å². The second kappa shape index (κ2) is 7.52. The lowest BCUT2D eigenvalue weighted by Crippen LogP contribution is -2.32. The Morgan fingerprint density at radius 2 is 1.82 bits per heavy atom. The number of carbonyl (C=O) groups is 1. The van der Waals surface area contributed by atoms with Crippen LogP contribution in [0, 0.1) is 6.92 Å². The number of amides is 1. The zero-order chi connectivity index (χ0) is 16.1. The molecule has 0 aliphatic carbocycles. The Bertz CT molecular complexity index is 653. The number of aryl methyl sites for hydroxylation is 1. The first-order valence-electron chi connectivity index (χ1n) is 6.99. The maximum Gasteiger partial charge on any atom is 0.265 e. The maximum atomic E-state index is 12.4. The summed E-state index contributed by atoms with van der Waals surface area (Å²) in [5.74, 6) is 0.381. The first-order chi connectivity index (χ1) is 10.5. The van der Waals surface area contributed by atoms with Crippen LogP contribution in [-0.4, -0.2) is 12.0 Å². The summed E-state index contributed by atoms with van der Waals surface area (Å²) in [7, 11) is 0. The minimum absolute atomic E-state index is 0.279. The Balaban J connectivity index is 2.12. The van der Waals surface area contributed by atoms with Crippen molar-refractivity contribution in [2.75, 3.05) is 5.32 Å². The SMILES string of the molecule is CC[C@H](Oc1cccc(C)c1)C(=O)Nc1c(Cl)cccc1Cl. The fourth-order valence-corrected chi connectivity index (χ4v) is 2.49. The second-order valence-electron chi connectivity index (χ2n) is 4.92. The Morgan fingerprint density at radius 3 is 2.41 bits per heavy atom. The van der Waals surface area contributed by atoms with Crippen LogP contribution in [0.25, 0.3) is 0 Å². The molecule has 0 aromatic heterocycles. The van der Waals surface area contributed by atoms with Gasteiger partial charge in [0.2, 0.25) is 0 Å². The van der Waals surface area contributed by atoms with Crippen molar-refractivity contribution in [1.82, 2.24) is 0 Å². The molecule has 22 heavy (non-hydrogen) atoms. The summed E-state index contributed by atoms with van der Waals surface area (Å²) in [6.07, 6.45) is -0.0869. The lowest BCUT2D eigenvalue weighted by molar-refractivity contribution is -0.122. The molecule has 2 rings (SSSR count). The van der Waals surface area contributed by atoms with Gasteiger partial charge < -0.3 is 10.1 Å². The largest absolute Gasteiger partial charge is 0.481 e. The molecule has 0 saturated heterocycles. The highest BCUT2D eigenvalue weighted by Crippen LogP contribution is 2.30. The van der Waals surface area contributed by atoms with Gasteiger partial charge in [-0.3, -0.25) is 4.79 Å². The molecule has 0 fully saturated rings. The summed E-state index contributed by atoms with van der Waals surface area (Å²) in [6.45, 7) is 3.85. The predicted octanol–water partition coefficient (Wildman–Crippen LogP) is 5.10. The molecular formula is C17H17Cl2NO2. The van der Waals surface area contributed by atoms with Gasteiger partial charge in [0.05, 0.1) is 15.7 Å². The van der Waals surface area contributed by atoms with Crippen LogP contribution >= 0.6 is 23.2 Å². The average molecular weight is 338 g/mol. The number of nitrogens with one attached hydrogen (secondary N) is 1. The van der Waals surface area contributed by atoms with E-state index < -0.39 is 6.10 Å². The van der Waals surface area contributed by atoms with Crippen LogP contribution in [0.1, 0.15) is 18.9 Å². The van der Waals surface area contributed by atoms with Gasteiger partial charge in [-0.05, 0) is 43.2 Å². The Morgan fingerprint density at radius 1 is 1.18 bits per heavy atom. The number of hydrogen-bond donors (Lipinski definition) is 1. The zero-order valence-corrected chi connectivity index (χ0v) is 13.9. The molecule has 0 radical (unpaired) electrons. The third kappa shape index (κ3) is 4.15.